The van der Waals surface area contributed by atoms with Gasteiger partial charge in [-0.25, -0.2) is 0 Å². The van der Waals surface area contributed by atoms with E-state index in [0.29, 0.717) is 6.61 Å². The van der Waals surface area contributed by atoms with Crippen LogP contribution in [0, 0.1) is 0 Å². The zero-order chi connectivity index (χ0) is 14.5. The van der Waals surface area contributed by atoms with E-state index < -0.39 is 0 Å². The van der Waals surface area contributed by atoms with Crippen LogP contribution in [0.3, 0.4) is 0 Å². The maximum atomic E-state index is 5.97. The van der Waals surface area contributed by atoms with Gasteiger partial charge in [-0.15, -0.1) is 0 Å². The third-order valence-corrected chi connectivity index (χ3v) is 3.33. The summed E-state index contributed by atoms with van der Waals surface area (Å²) in [7, 11) is 0. The van der Waals surface area contributed by atoms with Gasteiger partial charge in [-0.1, -0.05) is 54.6 Å². The Bertz CT molecular complexity index is 726. The largest absolute Gasteiger partial charge is 0.467 e. The van der Waals surface area contributed by atoms with Crippen LogP contribution >= 0.6 is 0 Å². The third-order valence-electron chi connectivity index (χ3n) is 3.33. The number of hydrogen-bond donors (Lipinski definition) is 1. The Morgan fingerprint density at radius 3 is 2.29 bits per heavy atom. The quantitative estimate of drug-likeness (QED) is 0.436. The van der Waals surface area contributed by atoms with E-state index in [9.17, 15) is 0 Å². The van der Waals surface area contributed by atoms with E-state index in [1.54, 1.807) is 0 Å². The Morgan fingerprint density at radius 1 is 0.762 bits per heavy atom. The van der Waals surface area contributed by atoms with Crippen LogP contribution in [0.4, 0.5) is 5.69 Å². The Morgan fingerprint density at radius 2 is 1.48 bits per heavy atom. The van der Waals surface area contributed by atoms with Crippen LogP contribution in [-0.2, 0) is 11.3 Å². The van der Waals surface area contributed by atoms with E-state index in [2.05, 4.69) is 0 Å². The van der Waals surface area contributed by atoms with Gasteiger partial charge in [-0.3, -0.25) is 0 Å². The minimum absolute atomic E-state index is 0.211. The molecule has 0 saturated carbocycles. The lowest BCUT2D eigenvalue weighted by atomic mass is 10.1. The van der Waals surface area contributed by atoms with Crippen LogP contribution in [0.1, 0.15) is 5.56 Å². The maximum absolute atomic E-state index is 5.97. The van der Waals surface area contributed by atoms with E-state index in [1.807, 2.05) is 66.7 Å². The molecule has 3 aromatic rings. The number of hydrogen-bond acceptors (Lipinski definition) is 3. The first kappa shape index (κ1) is 13.5. The summed E-state index contributed by atoms with van der Waals surface area (Å²) in [5, 5.41) is 2.00. The highest BCUT2D eigenvalue weighted by atomic mass is 16.7. The highest BCUT2D eigenvalue weighted by Gasteiger charge is 2.04. The van der Waals surface area contributed by atoms with E-state index in [1.165, 1.54) is 0 Å². The standard InChI is InChI=1S/C18H17NO2/c19-17-10-11-18(16-9-5-4-8-15(16)17)21-13-20-12-14-6-2-1-3-7-14/h1-11H,12-13,19H2. The number of rotatable bonds is 5. The number of fused-ring (bicyclic) bond motifs is 1. The third kappa shape index (κ3) is 3.15. The SMILES string of the molecule is Nc1ccc(OCOCc2ccccc2)c2ccccc12. The van der Waals surface area contributed by atoms with Crippen LogP contribution in [-0.4, -0.2) is 6.79 Å². The summed E-state index contributed by atoms with van der Waals surface area (Å²) in [6.07, 6.45) is 0. The van der Waals surface area contributed by atoms with E-state index in [4.69, 9.17) is 15.2 Å². The first-order chi connectivity index (χ1) is 10.3. The first-order valence-electron chi connectivity index (χ1n) is 6.86. The molecule has 0 aliphatic rings. The Hall–Kier alpha value is -2.52. The molecule has 3 rings (SSSR count). The summed E-state index contributed by atoms with van der Waals surface area (Å²) in [6.45, 7) is 0.747. The second kappa shape index (κ2) is 6.29. The fourth-order valence-corrected chi connectivity index (χ4v) is 2.26. The molecule has 0 radical (unpaired) electrons. The van der Waals surface area contributed by atoms with Crippen molar-refractivity contribution in [2.75, 3.05) is 12.5 Å². The van der Waals surface area contributed by atoms with Crippen LogP contribution in [0.2, 0.25) is 0 Å². The highest BCUT2D eigenvalue weighted by Crippen LogP contribution is 2.29. The molecule has 0 amide bonds. The highest BCUT2D eigenvalue weighted by molar-refractivity contribution is 5.96. The zero-order valence-corrected chi connectivity index (χ0v) is 11.7. The molecule has 21 heavy (non-hydrogen) atoms. The minimum atomic E-state index is 0.211. The summed E-state index contributed by atoms with van der Waals surface area (Å²) >= 11 is 0. The number of nitrogen functional groups attached to an aromatic ring is 1. The van der Waals surface area contributed by atoms with Crippen molar-refractivity contribution < 1.29 is 9.47 Å². The molecule has 0 atom stereocenters. The van der Waals surface area contributed by atoms with Gasteiger partial charge in [0.25, 0.3) is 0 Å². The average Bonchev–Trinajstić information content (AvgIpc) is 2.55. The van der Waals surface area contributed by atoms with Crippen molar-refractivity contribution in [3.05, 3.63) is 72.3 Å². The molecular formula is C18H17NO2. The zero-order valence-electron chi connectivity index (χ0n) is 11.7. The molecule has 0 spiro atoms. The molecule has 0 aliphatic heterocycles. The molecule has 3 nitrogen and oxygen atoms in total. The molecule has 0 bridgehead atoms. The second-order valence-electron chi connectivity index (χ2n) is 4.79. The van der Waals surface area contributed by atoms with Gasteiger partial charge in [-0.2, -0.15) is 0 Å². The Kier molecular flexibility index (Phi) is 4.03. The van der Waals surface area contributed by atoms with Crippen molar-refractivity contribution in [1.29, 1.82) is 0 Å². The first-order valence-corrected chi connectivity index (χ1v) is 6.86. The lowest BCUT2D eigenvalue weighted by Crippen LogP contribution is -2.03. The molecule has 3 heteroatoms. The summed E-state index contributed by atoms with van der Waals surface area (Å²) in [6, 6.07) is 21.7. The van der Waals surface area contributed by atoms with E-state index >= 15 is 0 Å². The summed E-state index contributed by atoms with van der Waals surface area (Å²) in [5.74, 6) is 0.785. The molecule has 3 aromatic carbocycles. The fourth-order valence-electron chi connectivity index (χ4n) is 2.26. The van der Waals surface area contributed by atoms with Gasteiger partial charge in [0.05, 0.1) is 6.61 Å². The van der Waals surface area contributed by atoms with Crippen LogP contribution in [0.25, 0.3) is 10.8 Å². The molecule has 0 unspecified atom stereocenters. The van der Waals surface area contributed by atoms with Crippen LogP contribution < -0.4 is 10.5 Å². The number of anilines is 1. The fraction of sp³-hybridized carbons (Fsp3) is 0.111. The predicted molar refractivity (Wildman–Crippen MR) is 85.1 cm³/mol. The molecule has 0 aromatic heterocycles. The maximum Gasteiger partial charge on any atom is 0.189 e. The molecule has 0 saturated heterocycles. The molecule has 0 heterocycles. The predicted octanol–water partition coefficient (Wildman–Crippen LogP) is 3.98. The Balaban J connectivity index is 1.65. The van der Waals surface area contributed by atoms with Gasteiger partial charge in [-0.05, 0) is 17.7 Å². The van der Waals surface area contributed by atoms with Crippen molar-refractivity contribution in [3.8, 4) is 5.75 Å². The van der Waals surface area contributed by atoms with E-state index in [0.717, 1.165) is 27.8 Å². The lowest BCUT2D eigenvalue weighted by molar-refractivity contribution is 0.00590. The molecule has 2 N–H and O–H groups in total. The van der Waals surface area contributed by atoms with E-state index in [-0.39, 0.29) is 6.79 Å². The smallest absolute Gasteiger partial charge is 0.189 e. The summed E-state index contributed by atoms with van der Waals surface area (Å²) in [5.41, 5.74) is 7.85. The summed E-state index contributed by atoms with van der Waals surface area (Å²) in [4.78, 5) is 0. The molecule has 106 valence electrons. The second-order valence-corrected chi connectivity index (χ2v) is 4.79. The average molecular weight is 279 g/mol. The van der Waals surface area contributed by atoms with Gasteiger partial charge in [0.1, 0.15) is 5.75 Å². The van der Waals surface area contributed by atoms with Crippen molar-refractivity contribution in [2.24, 2.45) is 0 Å². The van der Waals surface area contributed by atoms with Crippen LogP contribution in [0.5, 0.6) is 5.75 Å². The van der Waals surface area contributed by atoms with Crippen molar-refractivity contribution in [2.45, 2.75) is 6.61 Å². The lowest BCUT2D eigenvalue weighted by Gasteiger charge is -2.11. The molecule has 0 aliphatic carbocycles. The topological polar surface area (TPSA) is 44.5 Å². The minimum Gasteiger partial charge on any atom is -0.467 e. The summed E-state index contributed by atoms with van der Waals surface area (Å²) < 4.78 is 11.3. The number of benzene rings is 3. The van der Waals surface area contributed by atoms with Gasteiger partial charge < -0.3 is 15.2 Å². The van der Waals surface area contributed by atoms with Crippen molar-refractivity contribution in [1.82, 2.24) is 0 Å². The van der Waals surface area contributed by atoms with Gasteiger partial charge in [0.15, 0.2) is 6.79 Å². The normalized spacial score (nSPS) is 10.7. The monoisotopic (exact) mass is 279 g/mol. The van der Waals surface area contributed by atoms with Crippen LogP contribution in [0.15, 0.2) is 66.7 Å². The number of ether oxygens (including phenoxy) is 2. The van der Waals surface area contributed by atoms with Gasteiger partial charge in [0.2, 0.25) is 0 Å². The van der Waals surface area contributed by atoms with Gasteiger partial charge >= 0.3 is 0 Å². The van der Waals surface area contributed by atoms with Crippen molar-refractivity contribution in [3.63, 3.8) is 0 Å². The Labute approximate surface area is 123 Å². The van der Waals surface area contributed by atoms with Gasteiger partial charge in [0, 0.05) is 16.5 Å². The molecule has 0 fully saturated rings. The van der Waals surface area contributed by atoms with Crippen molar-refractivity contribution >= 4 is 16.5 Å². The molecular weight excluding hydrogens is 262 g/mol. The number of nitrogens with two attached hydrogens (primary N) is 1.